The Bertz CT molecular complexity index is 515. The fourth-order valence-corrected chi connectivity index (χ4v) is 2.00. The molecule has 0 bridgehead atoms. The molecule has 0 fully saturated rings. The molecule has 2 aliphatic heterocycles. The van der Waals surface area contributed by atoms with Crippen LogP contribution in [0.1, 0.15) is 16.1 Å². The maximum atomic E-state index is 10.8. The van der Waals surface area contributed by atoms with Crippen molar-refractivity contribution in [3.8, 4) is 0 Å². The maximum absolute atomic E-state index is 10.8. The number of carbonyl (C=O) groups is 1. The van der Waals surface area contributed by atoms with Crippen LogP contribution < -0.4 is 5.32 Å². The van der Waals surface area contributed by atoms with Gasteiger partial charge in [0.15, 0.2) is 0 Å². The Balaban J connectivity index is 2.12. The molecule has 0 saturated heterocycles. The van der Waals surface area contributed by atoms with Crippen LogP contribution in [0, 0.1) is 5.92 Å². The Morgan fingerprint density at radius 1 is 1.56 bits per heavy atom. The van der Waals surface area contributed by atoms with Crippen molar-refractivity contribution in [2.45, 2.75) is 0 Å². The molecule has 0 aromatic carbocycles. The highest BCUT2D eigenvalue weighted by Gasteiger charge is 2.27. The van der Waals surface area contributed by atoms with Crippen LogP contribution in [0.2, 0.25) is 0 Å². The van der Waals surface area contributed by atoms with Crippen molar-refractivity contribution in [1.82, 2.24) is 10.3 Å². The smallest absolute Gasteiger partial charge is 0.352 e. The summed E-state index contributed by atoms with van der Waals surface area (Å²) in [5.41, 5.74) is 1.89. The molecule has 3 rings (SSSR count). The van der Waals surface area contributed by atoms with Crippen molar-refractivity contribution in [2.75, 3.05) is 13.2 Å². The summed E-state index contributed by atoms with van der Waals surface area (Å²) >= 11 is 0. The highest BCUT2D eigenvalue weighted by atomic mass is 16.4. The highest BCUT2D eigenvalue weighted by Crippen LogP contribution is 2.27. The summed E-state index contributed by atoms with van der Waals surface area (Å²) in [7, 11) is 0. The predicted octanol–water partition coefficient (Wildman–Crippen LogP) is 0.395. The van der Waals surface area contributed by atoms with Gasteiger partial charge in [0.05, 0.1) is 12.4 Å². The van der Waals surface area contributed by atoms with Crippen LogP contribution in [-0.2, 0) is 0 Å². The van der Waals surface area contributed by atoms with Gasteiger partial charge in [0.2, 0.25) is 0 Å². The first-order valence-electron chi connectivity index (χ1n) is 5.01. The first-order valence-corrected chi connectivity index (χ1v) is 5.01. The number of aromatic carboxylic acids is 1. The minimum absolute atomic E-state index is 0.152. The first-order chi connectivity index (χ1) is 7.75. The van der Waals surface area contributed by atoms with E-state index in [1.807, 2.05) is 0 Å². The van der Waals surface area contributed by atoms with Crippen molar-refractivity contribution in [3.63, 3.8) is 0 Å². The third-order valence-corrected chi connectivity index (χ3v) is 2.76. The van der Waals surface area contributed by atoms with E-state index >= 15 is 0 Å². The summed E-state index contributed by atoms with van der Waals surface area (Å²) < 4.78 is 0. The van der Waals surface area contributed by atoms with E-state index in [0.29, 0.717) is 12.5 Å². The molecule has 2 aliphatic rings. The van der Waals surface area contributed by atoms with Crippen LogP contribution in [0.5, 0.6) is 0 Å². The van der Waals surface area contributed by atoms with Gasteiger partial charge in [0.25, 0.3) is 0 Å². The first kappa shape index (κ1) is 9.29. The van der Waals surface area contributed by atoms with Crippen LogP contribution >= 0.6 is 0 Å². The fraction of sp³-hybridized carbons (Fsp3) is 0.300. The third kappa shape index (κ3) is 1.27. The third-order valence-electron chi connectivity index (χ3n) is 2.76. The lowest BCUT2D eigenvalue weighted by atomic mass is 9.95. The molecule has 1 aromatic heterocycles. The molecule has 0 saturated carbocycles. The molecule has 1 atom stereocenters. The molecule has 1 unspecified atom stereocenters. The fourth-order valence-electron chi connectivity index (χ4n) is 2.00. The summed E-state index contributed by atoms with van der Waals surface area (Å²) in [6, 6.07) is 1.60. The topological polar surface area (TPSA) is 89.8 Å². The Hall–Kier alpha value is -1.95. The molecule has 1 aromatic rings. The number of fused-ring (bicyclic) bond motifs is 3. The number of carboxylic acid groups (broad SMARTS) is 1. The van der Waals surface area contributed by atoms with Gasteiger partial charge >= 0.3 is 5.97 Å². The van der Waals surface area contributed by atoms with Crippen LogP contribution in [0.25, 0.3) is 0 Å². The second kappa shape index (κ2) is 3.28. The number of hydrogen-bond donors (Lipinski definition) is 3. The average molecular weight is 218 g/mol. The molecule has 0 amide bonds. The van der Waals surface area contributed by atoms with Gasteiger partial charge in [-0.3, -0.25) is 10.3 Å². The number of hydrogen-bond acceptors (Lipinski definition) is 4. The van der Waals surface area contributed by atoms with Gasteiger partial charge in [-0.1, -0.05) is 0 Å². The average Bonchev–Trinajstić information content (AvgIpc) is 2.73. The molecule has 16 heavy (non-hydrogen) atoms. The number of rotatable bonds is 1. The Kier molecular flexibility index (Phi) is 1.90. The largest absolute Gasteiger partial charge is 0.477 e. The second-order valence-electron chi connectivity index (χ2n) is 3.79. The molecule has 0 radical (unpaired) electrons. The van der Waals surface area contributed by atoms with Crippen molar-refractivity contribution in [1.29, 1.82) is 0 Å². The molecule has 6 nitrogen and oxygen atoms in total. The quantitative estimate of drug-likeness (QED) is 0.637. The number of aliphatic imine (C=N–C) groups is 2. The van der Waals surface area contributed by atoms with Crippen LogP contribution in [-0.4, -0.2) is 41.2 Å². The van der Waals surface area contributed by atoms with Crippen molar-refractivity contribution >= 4 is 23.7 Å². The molecule has 6 heteroatoms. The minimum atomic E-state index is -0.976. The van der Waals surface area contributed by atoms with E-state index in [0.717, 1.165) is 17.8 Å². The number of aromatic nitrogens is 1. The molecule has 3 heterocycles. The summed E-state index contributed by atoms with van der Waals surface area (Å²) in [6.07, 6.45) is 1.80. The Morgan fingerprint density at radius 2 is 2.44 bits per heavy atom. The van der Waals surface area contributed by atoms with E-state index in [-0.39, 0.29) is 11.6 Å². The molecule has 82 valence electrons. The number of nitrogens with one attached hydrogen (secondary N) is 2. The zero-order valence-corrected chi connectivity index (χ0v) is 8.40. The zero-order chi connectivity index (χ0) is 11.1. The molecular weight excluding hydrogens is 208 g/mol. The van der Waals surface area contributed by atoms with Gasteiger partial charge in [-0.25, -0.2) is 9.79 Å². The lowest BCUT2D eigenvalue weighted by Gasteiger charge is -2.23. The van der Waals surface area contributed by atoms with Crippen molar-refractivity contribution in [3.05, 3.63) is 17.3 Å². The lowest BCUT2D eigenvalue weighted by molar-refractivity contribution is 0.0691. The van der Waals surface area contributed by atoms with Crippen LogP contribution in [0.15, 0.2) is 16.1 Å². The van der Waals surface area contributed by atoms with Crippen LogP contribution in [0.3, 0.4) is 0 Å². The molecule has 0 spiro atoms. The zero-order valence-electron chi connectivity index (χ0n) is 8.40. The minimum Gasteiger partial charge on any atom is -0.477 e. The number of carboxylic acids is 1. The molecule has 3 N–H and O–H groups in total. The number of aromatic amines is 1. The summed E-state index contributed by atoms with van der Waals surface area (Å²) in [5, 5.41) is 12.0. The van der Waals surface area contributed by atoms with E-state index in [9.17, 15) is 4.79 Å². The summed E-state index contributed by atoms with van der Waals surface area (Å²) in [4.78, 5) is 22.2. The van der Waals surface area contributed by atoms with Gasteiger partial charge in [0, 0.05) is 24.2 Å². The normalized spacial score (nSPS) is 22.2. The highest BCUT2D eigenvalue weighted by molar-refractivity contribution is 6.16. The van der Waals surface area contributed by atoms with E-state index in [1.165, 1.54) is 0 Å². The van der Waals surface area contributed by atoms with Gasteiger partial charge in [-0.05, 0) is 6.07 Å². The maximum Gasteiger partial charge on any atom is 0.352 e. The Morgan fingerprint density at radius 3 is 3.25 bits per heavy atom. The van der Waals surface area contributed by atoms with E-state index in [1.54, 1.807) is 12.3 Å². The molecular formula is C10H10N4O2. The second-order valence-corrected chi connectivity index (χ2v) is 3.79. The van der Waals surface area contributed by atoms with E-state index < -0.39 is 5.97 Å². The summed E-state index contributed by atoms with van der Waals surface area (Å²) in [6.45, 7) is 1.38. The van der Waals surface area contributed by atoms with Crippen molar-refractivity contribution in [2.24, 2.45) is 15.9 Å². The van der Waals surface area contributed by atoms with Crippen LogP contribution in [0.4, 0.5) is 5.82 Å². The SMILES string of the molecule is O=C(O)c1cc2c([nH]1)N=CC1CNCN=C21. The van der Waals surface area contributed by atoms with E-state index in [2.05, 4.69) is 20.3 Å². The summed E-state index contributed by atoms with van der Waals surface area (Å²) in [5.74, 6) is -0.233. The monoisotopic (exact) mass is 218 g/mol. The van der Waals surface area contributed by atoms with E-state index in [4.69, 9.17) is 5.11 Å². The van der Waals surface area contributed by atoms with Gasteiger partial charge < -0.3 is 10.1 Å². The number of H-pyrrole nitrogens is 1. The lowest BCUT2D eigenvalue weighted by Crippen LogP contribution is -2.36. The standard InChI is InChI=1S/C10H10N4O2/c15-10(16)7-1-6-8-5(2-11-4-13-8)3-12-9(6)14-7/h1,3,5,11,14H,2,4H2,(H,15,16). The van der Waals surface area contributed by atoms with Crippen molar-refractivity contribution < 1.29 is 9.90 Å². The van der Waals surface area contributed by atoms with Gasteiger partial charge in [-0.2, -0.15) is 0 Å². The van der Waals surface area contributed by atoms with Gasteiger partial charge in [-0.15, -0.1) is 0 Å². The van der Waals surface area contributed by atoms with Gasteiger partial charge in [0.1, 0.15) is 11.5 Å². The Labute approximate surface area is 91.1 Å². The predicted molar refractivity (Wildman–Crippen MR) is 58.8 cm³/mol. The number of nitrogens with zero attached hydrogens (tertiary/aromatic N) is 2. The molecule has 0 aliphatic carbocycles.